The van der Waals surface area contributed by atoms with E-state index in [0.29, 0.717) is 28.3 Å². The molecule has 4 atom stereocenters. The van der Waals surface area contributed by atoms with E-state index < -0.39 is 0 Å². The van der Waals surface area contributed by atoms with Gasteiger partial charge in [0.15, 0.2) is 5.78 Å². The van der Waals surface area contributed by atoms with Crippen LogP contribution in [0.2, 0.25) is 0 Å². The predicted octanol–water partition coefficient (Wildman–Crippen LogP) is 4.25. The maximum absolute atomic E-state index is 12.6. The number of unbranched alkanes of at least 4 members (excludes halogenated alkanes) is 1. The Labute approximate surface area is 164 Å². The molecule has 0 radical (unpaired) electrons. The Kier molecular flexibility index (Phi) is 5.61. The maximum Gasteiger partial charge on any atom is 0.283 e. The Morgan fingerprint density at radius 2 is 2.15 bits per heavy atom. The van der Waals surface area contributed by atoms with Crippen LogP contribution < -0.4 is 10.9 Å². The number of nitrogens with one attached hydrogen (secondary N) is 1. The average Bonchev–Trinajstić information content (AvgIpc) is 2.60. The van der Waals surface area contributed by atoms with Crippen LogP contribution in [0.5, 0.6) is 0 Å². The summed E-state index contributed by atoms with van der Waals surface area (Å²) in [5, 5.41) is 7.77. The second kappa shape index (κ2) is 7.45. The number of anilines is 1. The number of carbonyl (C=O) groups is 1. The van der Waals surface area contributed by atoms with Crippen molar-refractivity contribution in [1.29, 1.82) is 0 Å². The lowest BCUT2D eigenvalue weighted by Crippen LogP contribution is -2.58. The van der Waals surface area contributed by atoms with Gasteiger partial charge < -0.3 is 5.32 Å². The molecule has 3 saturated carbocycles. The molecule has 1 aromatic heterocycles. The minimum Gasteiger partial charge on any atom is -0.380 e. The Morgan fingerprint density at radius 3 is 2.77 bits per heavy atom. The van der Waals surface area contributed by atoms with Gasteiger partial charge in [-0.3, -0.25) is 9.59 Å². The maximum atomic E-state index is 12.6. The van der Waals surface area contributed by atoms with Crippen LogP contribution in [0, 0.1) is 23.2 Å². The molecule has 3 fully saturated rings. The largest absolute Gasteiger partial charge is 0.380 e. The second-order valence-electron chi connectivity index (χ2n) is 8.68. The van der Waals surface area contributed by atoms with Gasteiger partial charge in [-0.1, -0.05) is 34.1 Å². The van der Waals surface area contributed by atoms with Crippen molar-refractivity contribution in [3.05, 3.63) is 21.0 Å². The monoisotopic (exact) mass is 423 g/mol. The molecule has 0 saturated heterocycles. The molecule has 2 bridgehead atoms. The van der Waals surface area contributed by atoms with E-state index in [9.17, 15) is 9.59 Å². The number of nitrogens with zero attached hydrogens (tertiary/aromatic N) is 2. The summed E-state index contributed by atoms with van der Waals surface area (Å²) in [5.74, 6) is 2.11. The SMILES string of the molecule is CCCCC(=O)Cn1ncc(N[C@@H]2C[C@@H]3C[C@H]([C@H]2C)C3(C)C)c(Br)c1=O. The van der Waals surface area contributed by atoms with Gasteiger partial charge >= 0.3 is 0 Å². The number of rotatable bonds is 7. The predicted molar refractivity (Wildman–Crippen MR) is 107 cm³/mol. The number of hydrogen-bond donors (Lipinski definition) is 1. The summed E-state index contributed by atoms with van der Waals surface area (Å²) in [6.45, 7) is 9.18. The van der Waals surface area contributed by atoms with Crippen molar-refractivity contribution in [3.63, 3.8) is 0 Å². The van der Waals surface area contributed by atoms with Gasteiger partial charge in [0.25, 0.3) is 5.56 Å². The van der Waals surface area contributed by atoms with Gasteiger partial charge in [0.1, 0.15) is 11.0 Å². The van der Waals surface area contributed by atoms with Crippen molar-refractivity contribution < 1.29 is 4.79 Å². The molecular formula is C20H30BrN3O2. The van der Waals surface area contributed by atoms with Crippen molar-refractivity contribution in [2.45, 2.75) is 72.4 Å². The summed E-state index contributed by atoms with van der Waals surface area (Å²) < 4.78 is 1.74. The highest BCUT2D eigenvalue weighted by Crippen LogP contribution is 2.61. The lowest BCUT2D eigenvalue weighted by molar-refractivity contribution is -0.120. The zero-order valence-corrected chi connectivity index (χ0v) is 17.8. The molecule has 1 aromatic rings. The number of fused-ring (bicyclic) bond motifs is 2. The van der Waals surface area contributed by atoms with E-state index in [4.69, 9.17) is 0 Å². The molecule has 0 amide bonds. The Balaban J connectivity index is 1.69. The van der Waals surface area contributed by atoms with Crippen molar-refractivity contribution in [2.24, 2.45) is 23.2 Å². The van der Waals surface area contributed by atoms with Gasteiger partial charge in [-0.05, 0) is 58.4 Å². The van der Waals surface area contributed by atoms with E-state index in [0.717, 1.165) is 36.8 Å². The molecule has 1 heterocycles. The highest BCUT2D eigenvalue weighted by Gasteiger charge is 2.56. The number of carbonyl (C=O) groups excluding carboxylic acids is 1. The number of aromatic nitrogens is 2. The third-order valence-electron chi connectivity index (χ3n) is 6.82. The van der Waals surface area contributed by atoms with Gasteiger partial charge in [0.05, 0.1) is 11.9 Å². The molecule has 3 aliphatic rings. The fourth-order valence-corrected chi connectivity index (χ4v) is 5.26. The lowest BCUT2D eigenvalue weighted by Gasteiger charge is -2.62. The van der Waals surface area contributed by atoms with Crippen LogP contribution in [-0.4, -0.2) is 21.6 Å². The molecule has 26 heavy (non-hydrogen) atoms. The Hall–Kier alpha value is -1.17. The minimum atomic E-state index is -0.242. The summed E-state index contributed by atoms with van der Waals surface area (Å²) in [4.78, 5) is 24.5. The molecule has 144 valence electrons. The van der Waals surface area contributed by atoms with Crippen molar-refractivity contribution in [1.82, 2.24) is 9.78 Å². The standard InChI is InChI=1S/C20H30BrN3O2/c1-5-6-7-14(25)11-24-19(26)18(21)17(10-22-24)23-16-9-13-8-15(12(16)2)20(13,3)4/h10,12-13,15-16,23H,5-9,11H2,1-4H3/t12-,13+,15-,16-/m1/s1. The van der Waals surface area contributed by atoms with Gasteiger partial charge in [-0.2, -0.15) is 5.10 Å². The molecule has 0 aromatic carbocycles. The smallest absolute Gasteiger partial charge is 0.283 e. The zero-order chi connectivity index (χ0) is 19.1. The molecule has 0 unspecified atom stereocenters. The number of Topliss-reactive ketones (excluding diaryl/α,β-unsaturated/α-hetero) is 1. The van der Waals surface area contributed by atoms with Gasteiger partial charge in [-0.15, -0.1) is 0 Å². The Bertz CT molecular complexity index is 743. The van der Waals surface area contributed by atoms with Crippen LogP contribution in [0.25, 0.3) is 0 Å². The summed E-state index contributed by atoms with van der Waals surface area (Å²) in [6, 6.07) is 0.367. The second-order valence-corrected chi connectivity index (χ2v) is 9.48. The molecule has 0 aliphatic heterocycles. The topological polar surface area (TPSA) is 64.0 Å². The third kappa shape index (κ3) is 3.49. The van der Waals surface area contributed by atoms with E-state index in [-0.39, 0.29) is 17.9 Å². The summed E-state index contributed by atoms with van der Waals surface area (Å²) in [5.41, 5.74) is 0.937. The highest BCUT2D eigenvalue weighted by molar-refractivity contribution is 9.10. The van der Waals surface area contributed by atoms with Crippen LogP contribution in [-0.2, 0) is 11.3 Å². The number of halogens is 1. The van der Waals surface area contributed by atoms with Crippen LogP contribution in [0.15, 0.2) is 15.5 Å². The Morgan fingerprint density at radius 1 is 1.42 bits per heavy atom. The molecule has 4 rings (SSSR count). The van der Waals surface area contributed by atoms with Crippen molar-refractivity contribution >= 4 is 27.4 Å². The molecule has 5 nitrogen and oxygen atoms in total. The van der Waals surface area contributed by atoms with Gasteiger partial charge in [0.2, 0.25) is 0 Å². The number of hydrogen-bond acceptors (Lipinski definition) is 4. The third-order valence-corrected chi connectivity index (χ3v) is 7.58. The highest BCUT2D eigenvalue weighted by atomic mass is 79.9. The quantitative estimate of drug-likeness (QED) is 0.711. The van der Waals surface area contributed by atoms with E-state index in [1.807, 2.05) is 6.92 Å². The van der Waals surface area contributed by atoms with E-state index in [1.54, 1.807) is 6.20 Å². The van der Waals surface area contributed by atoms with Crippen molar-refractivity contribution in [2.75, 3.05) is 5.32 Å². The first-order valence-electron chi connectivity index (χ1n) is 9.79. The lowest BCUT2D eigenvalue weighted by atomic mass is 9.45. The first-order valence-corrected chi connectivity index (χ1v) is 10.6. The fraction of sp³-hybridized carbons (Fsp3) is 0.750. The van der Waals surface area contributed by atoms with Crippen LogP contribution >= 0.6 is 15.9 Å². The summed E-state index contributed by atoms with van der Waals surface area (Å²) >= 11 is 3.42. The molecule has 3 aliphatic carbocycles. The minimum absolute atomic E-state index is 0.0515. The molecular weight excluding hydrogens is 394 g/mol. The summed E-state index contributed by atoms with van der Waals surface area (Å²) in [6.07, 6.45) is 6.46. The molecule has 6 heteroatoms. The van der Waals surface area contributed by atoms with Crippen molar-refractivity contribution in [3.8, 4) is 0 Å². The fourth-order valence-electron chi connectivity index (χ4n) is 4.84. The van der Waals surface area contributed by atoms with E-state index >= 15 is 0 Å². The van der Waals surface area contributed by atoms with Gasteiger partial charge in [0, 0.05) is 12.5 Å². The molecule has 0 spiro atoms. The van der Waals surface area contributed by atoms with Gasteiger partial charge in [-0.25, -0.2) is 4.68 Å². The molecule has 1 N–H and O–H groups in total. The number of ketones is 1. The van der Waals surface area contributed by atoms with Crippen LogP contribution in [0.1, 0.15) is 59.8 Å². The zero-order valence-electron chi connectivity index (χ0n) is 16.2. The first-order chi connectivity index (χ1) is 12.3. The van der Waals surface area contributed by atoms with Crippen LogP contribution in [0.3, 0.4) is 0 Å². The normalized spacial score (nSPS) is 29.1. The van der Waals surface area contributed by atoms with E-state index in [2.05, 4.69) is 47.1 Å². The first kappa shape index (κ1) is 19.6. The summed E-state index contributed by atoms with van der Waals surface area (Å²) in [7, 11) is 0. The van der Waals surface area contributed by atoms with E-state index in [1.165, 1.54) is 11.1 Å². The average molecular weight is 424 g/mol. The van der Waals surface area contributed by atoms with Crippen LogP contribution in [0.4, 0.5) is 5.69 Å².